The summed E-state index contributed by atoms with van der Waals surface area (Å²) in [5.41, 5.74) is 21.2. The standard InChI is InChI=1S/C30H36ClN7O4S.C30H43ClN6O6S.C28H39ClN6O5S/c1-20-15-22(20)19-38(13-14-41-4)25-16-24(26(31)27(34-25)37(3)43(39,40)23-11-8-12-33-18-23)28-35-36-29(42-28)30(2,32)17-21-9-6-5-7-10-21;1-21-17-23(21)20-37(11-12-41-15-16-42-14-13-40-4)25-18-24(26(31)27(33-25)36(3)44(5,38)39)28-34-35-29(43-28)30(2,32)19-22-9-7-6-8-10-22;1-19-15-21(19)18-35(11-12-39-14-13-38-4)23-16-22(24(29)25(31-23)34(3)41(5,36)37)26-32-33-27(40-26)28(2,30)17-20-9-7-6-8-10-20/h5-12,16,18,20,22H,13-15,17,19,32H2,1-4H3;6-10,18,21,23H,11-17,19-20,32H2,1-5H3;6-10,16,19,21H,11-15,17-18,30H2,1-5H3/t20?,22?,30-;21?,23?,30-;19?,21?,28-/m000/s1. The number of ether oxygens (including phenoxy) is 6. The number of nitrogens with zero attached hydrogens (tertiary/aromatic N) is 16. The van der Waals surface area contributed by atoms with Gasteiger partial charge in [0.15, 0.2) is 17.5 Å². The van der Waals surface area contributed by atoms with E-state index < -0.39 is 46.7 Å². The van der Waals surface area contributed by atoms with E-state index in [0.717, 1.165) is 81.0 Å². The number of benzene rings is 3. The van der Waals surface area contributed by atoms with E-state index in [9.17, 15) is 25.3 Å². The normalized spacial score (nSPS) is 17.9. The van der Waals surface area contributed by atoms with Crippen LogP contribution in [0, 0.1) is 35.5 Å². The fourth-order valence-electron chi connectivity index (χ4n) is 14.1. The Morgan fingerprint density at radius 1 is 0.422 bits per heavy atom. The number of sulfonamides is 3. The van der Waals surface area contributed by atoms with Crippen LogP contribution in [0.25, 0.3) is 34.4 Å². The minimum absolute atomic E-state index is 0.00486. The second-order valence-electron chi connectivity index (χ2n) is 33.7. The van der Waals surface area contributed by atoms with Crippen molar-refractivity contribution in [1.29, 1.82) is 0 Å². The highest BCUT2D eigenvalue weighted by Gasteiger charge is 2.41. The summed E-state index contributed by atoms with van der Waals surface area (Å²) in [6.07, 6.45) is 9.71. The van der Waals surface area contributed by atoms with Crippen LogP contribution in [0.4, 0.5) is 34.9 Å². The van der Waals surface area contributed by atoms with E-state index in [1.165, 1.54) is 39.6 Å². The van der Waals surface area contributed by atoms with E-state index in [2.05, 4.69) is 71.0 Å². The maximum atomic E-state index is 13.6. The molecule has 3 aliphatic carbocycles. The largest absolute Gasteiger partial charge is 0.419 e. The zero-order chi connectivity index (χ0) is 92.5. The van der Waals surface area contributed by atoms with Crippen LogP contribution in [0.15, 0.2) is 152 Å². The topological polar surface area (TPSA) is 424 Å². The minimum Gasteiger partial charge on any atom is -0.419 e. The first-order valence-electron chi connectivity index (χ1n) is 42.2. The average molecular weight is 1880 g/mol. The molecule has 7 aromatic heterocycles. The molecule has 7 heterocycles. The van der Waals surface area contributed by atoms with E-state index in [-0.39, 0.29) is 72.8 Å². The van der Waals surface area contributed by atoms with Crippen molar-refractivity contribution in [3.8, 4) is 34.4 Å². The number of rotatable bonds is 46. The zero-order valence-electron chi connectivity index (χ0n) is 74.9. The molecule has 0 bridgehead atoms. The first-order valence-corrected chi connectivity index (χ1v) is 48.4. The number of methoxy groups -OCH3 is 3. The second-order valence-corrected chi connectivity index (χ2v) is 40.8. The molecular weight excluding hydrogens is 1770 g/mol. The molecule has 3 aromatic carbocycles. The van der Waals surface area contributed by atoms with Crippen molar-refractivity contribution >= 4 is 99.8 Å². The molecule has 13 rings (SSSR count). The van der Waals surface area contributed by atoms with Crippen molar-refractivity contribution in [2.45, 2.75) is 102 Å². The summed E-state index contributed by atoms with van der Waals surface area (Å²) in [6.45, 7) is 20.1. The molecular formula is C88H118Cl3N19O15S3. The average Bonchev–Trinajstić information content (AvgIpc) is 1.52. The summed E-state index contributed by atoms with van der Waals surface area (Å²) in [5, 5.41) is 25.8. The van der Waals surface area contributed by atoms with E-state index in [0.29, 0.717) is 168 Å². The molecule has 9 atom stereocenters. The molecule has 3 fully saturated rings. The van der Waals surface area contributed by atoms with Gasteiger partial charge in [0.05, 0.1) is 120 Å². The molecule has 3 saturated carbocycles. The zero-order valence-corrected chi connectivity index (χ0v) is 79.6. The van der Waals surface area contributed by atoms with Gasteiger partial charge in [-0.2, -0.15) is 0 Å². The summed E-state index contributed by atoms with van der Waals surface area (Å²) in [7, 11) is -2.30. The first-order chi connectivity index (χ1) is 60.8. The Bertz CT molecular complexity index is 5620. The Morgan fingerprint density at radius 2 is 0.719 bits per heavy atom. The molecule has 0 spiro atoms. The summed E-state index contributed by atoms with van der Waals surface area (Å²) in [6, 6.07) is 37.7. The molecule has 3 aliphatic rings. The predicted molar refractivity (Wildman–Crippen MR) is 496 cm³/mol. The van der Waals surface area contributed by atoms with E-state index in [1.54, 1.807) is 45.6 Å². The van der Waals surface area contributed by atoms with Gasteiger partial charge in [0.2, 0.25) is 55.4 Å². The predicted octanol–water partition coefficient (Wildman–Crippen LogP) is 12.0. The third kappa shape index (κ3) is 26.8. The number of hydrogen-bond acceptors (Lipinski definition) is 31. The van der Waals surface area contributed by atoms with Gasteiger partial charge < -0.3 is 73.6 Å². The van der Waals surface area contributed by atoms with Gasteiger partial charge in [-0.25, -0.2) is 40.2 Å². The summed E-state index contributed by atoms with van der Waals surface area (Å²) in [5.74, 6) is 5.99. The van der Waals surface area contributed by atoms with Crippen LogP contribution in [0.1, 0.15) is 95.2 Å². The van der Waals surface area contributed by atoms with Gasteiger partial charge >= 0.3 is 0 Å². The highest BCUT2D eigenvalue weighted by Crippen LogP contribution is 2.47. The van der Waals surface area contributed by atoms with E-state index in [1.807, 2.05) is 112 Å². The van der Waals surface area contributed by atoms with Gasteiger partial charge in [0.25, 0.3) is 10.0 Å². The van der Waals surface area contributed by atoms with Crippen molar-refractivity contribution in [1.82, 2.24) is 50.5 Å². The van der Waals surface area contributed by atoms with Crippen LogP contribution in [0.2, 0.25) is 15.1 Å². The second kappa shape index (κ2) is 44.2. The smallest absolute Gasteiger partial charge is 0.266 e. The van der Waals surface area contributed by atoms with Gasteiger partial charge in [-0.05, 0) is 142 Å². The van der Waals surface area contributed by atoms with Crippen molar-refractivity contribution in [3.63, 3.8) is 0 Å². The minimum atomic E-state index is -4.05. The SMILES string of the molecule is COCCN(CC1CC1C)c1cc(-c2nnc([C@@](C)(N)Cc3ccccc3)o2)c(Cl)c(N(C)S(=O)(=O)c2cccnc2)n1.COCCOCCN(CC1CC1C)c1cc(-c2nnc([C@@](C)(N)Cc3ccccc3)o2)c(Cl)c(N(C)S(C)(=O)=O)n1.COCCOCCOCCN(CC1CC1C)c1cc(-c2nnc([C@@](C)(N)Cc3ccccc3)o2)c(Cl)c(N(C)S(C)(=O)=O)n1. The van der Waals surface area contributed by atoms with Crippen LogP contribution >= 0.6 is 34.8 Å². The van der Waals surface area contributed by atoms with Crippen molar-refractivity contribution in [2.75, 3.05) is 181 Å². The molecule has 0 amide bonds. The Balaban J connectivity index is 0.000000186. The lowest BCUT2D eigenvalue weighted by Gasteiger charge is -2.27. The van der Waals surface area contributed by atoms with Gasteiger partial charge in [0.1, 0.15) is 22.3 Å². The summed E-state index contributed by atoms with van der Waals surface area (Å²) < 4.78 is 131. The van der Waals surface area contributed by atoms with Crippen LogP contribution in [-0.4, -0.2) is 229 Å². The molecule has 128 heavy (non-hydrogen) atoms. The van der Waals surface area contributed by atoms with Crippen LogP contribution in [0.3, 0.4) is 0 Å². The van der Waals surface area contributed by atoms with Crippen LogP contribution in [-0.2, 0) is 94.4 Å². The maximum absolute atomic E-state index is 13.6. The van der Waals surface area contributed by atoms with Crippen LogP contribution < -0.4 is 44.8 Å². The molecule has 6 unspecified atom stereocenters. The molecule has 40 heteroatoms. The Morgan fingerprint density at radius 3 is 1.01 bits per heavy atom. The molecule has 694 valence electrons. The molecule has 10 aromatic rings. The highest BCUT2D eigenvalue weighted by atomic mass is 35.5. The van der Waals surface area contributed by atoms with Crippen molar-refractivity contribution in [2.24, 2.45) is 52.7 Å². The lowest BCUT2D eigenvalue weighted by molar-refractivity contribution is 0.0264. The van der Waals surface area contributed by atoms with Gasteiger partial charge in [-0.1, -0.05) is 147 Å². The maximum Gasteiger partial charge on any atom is 0.266 e. The molecule has 0 radical (unpaired) electrons. The monoisotopic (exact) mass is 1880 g/mol. The van der Waals surface area contributed by atoms with Crippen LogP contribution in [0.5, 0.6) is 0 Å². The quantitative estimate of drug-likeness (QED) is 0.0298. The lowest BCUT2D eigenvalue weighted by atomic mass is 9.94. The number of nitrogens with two attached hydrogens (primary N) is 3. The summed E-state index contributed by atoms with van der Waals surface area (Å²) in [4.78, 5) is 24.4. The first kappa shape index (κ1) is 99.4. The molecule has 34 nitrogen and oxygen atoms in total. The van der Waals surface area contributed by atoms with Gasteiger partial charge in [0, 0.05) is 94.1 Å². The third-order valence-corrected chi connectivity index (χ3v) is 27.8. The Kier molecular flexibility index (Phi) is 34.3. The number of halogens is 3. The molecule has 6 N–H and O–H groups in total. The van der Waals surface area contributed by atoms with E-state index in [4.69, 9.17) is 109 Å². The highest BCUT2D eigenvalue weighted by molar-refractivity contribution is 7.93. The number of hydrogen-bond donors (Lipinski definition) is 3. The van der Waals surface area contributed by atoms with Gasteiger partial charge in [-0.15, -0.1) is 30.6 Å². The Hall–Kier alpha value is -9.16. The van der Waals surface area contributed by atoms with Crippen molar-refractivity contribution in [3.05, 3.63) is 183 Å². The fraction of sp³-hybridized carbons (Fsp3) is 0.500. The van der Waals surface area contributed by atoms with Crippen molar-refractivity contribution < 1.29 is 66.9 Å². The van der Waals surface area contributed by atoms with E-state index >= 15 is 0 Å². The Labute approximate surface area is 765 Å². The summed E-state index contributed by atoms with van der Waals surface area (Å²) >= 11 is 20.5. The lowest BCUT2D eigenvalue weighted by Crippen LogP contribution is -2.35. The third-order valence-electron chi connectivity index (χ3n) is 22.6. The molecule has 0 aliphatic heterocycles. The van der Waals surface area contributed by atoms with Gasteiger partial charge in [-0.3, -0.25) is 17.9 Å². The molecule has 0 saturated heterocycles. The number of pyridine rings is 4. The fourth-order valence-corrected chi connectivity index (χ4v) is 17.2. The number of anilines is 6. The number of aromatic nitrogens is 10.